The van der Waals surface area contributed by atoms with E-state index in [9.17, 15) is 22.7 Å². The predicted molar refractivity (Wildman–Crippen MR) is 103 cm³/mol. The van der Waals surface area contributed by atoms with E-state index < -0.39 is 23.7 Å². The number of nitrogens with one attached hydrogen (secondary N) is 2. The zero-order valence-corrected chi connectivity index (χ0v) is 16.8. The Balaban J connectivity index is 0.00000338. The third-order valence-corrected chi connectivity index (χ3v) is 4.31. The Hall–Kier alpha value is -1.26. The van der Waals surface area contributed by atoms with Crippen LogP contribution in [0, 0.1) is 11.7 Å². The maximum Gasteiger partial charge on any atom is 0.391 e. The third-order valence-electron chi connectivity index (χ3n) is 4.31. The first kappa shape index (κ1) is 22.8. The fourth-order valence-corrected chi connectivity index (χ4v) is 2.90. The van der Waals surface area contributed by atoms with Gasteiger partial charge in [0.15, 0.2) is 17.5 Å². The number of hydrogen-bond acceptors (Lipinski definition) is 2. The lowest BCUT2D eigenvalue weighted by Crippen LogP contribution is -2.45. The average Bonchev–Trinajstić information content (AvgIpc) is 2.55. The first-order valence-electron chi connectivity index (χ1n) is 8.38. The van der Waals surface area contributed by atoms with Crippen molar-refractivity contribution in [3.63, 3.8) is 0 Å². The highest BCUT2D eigenvalue weighted by Crippen LogP contribution is 2.37. The van der Waals surface area contributed by atoms with Crippen LogP contribution in [0.1, 0.15) is 38.2 Å². The summed E-state index contributed by atoms with van der Waals surface area (Å²) >= 11 is 0. The zero-order chi connectivity index (χ0) is 18.4. The van der Waals surface area contributed by atoms with E-state index in [0.29, 0.717) is 30.9 Å². The standard InChI is InChI=1S/C17H23F4N3O.HI/c1-2-22-16(23-10-11-3-8-15(25)14(18)9-11)24-13-6-4-12(5-7-13)17(19,20)21;/h3,8-9,12-13,25H,2,4-7,10H2,1H3,(H2,22,23,24);1H. The van der Waals surface area contributed by atoms with Gasteiger partial charge in [-0.15, -0.1) is 24.0 Å². The Morgan fingerprint density at radius 1 is 1.23 bits per heavy atom. The second-order valence-corrected chi connectivity index (χ2v) is 6.22. The van der Waals surface area contributed by atoms with E-state index in [1.807, 2.05) is 6.92 Å². The van der Waals surface area contributed by atoms with Crippen molar-refractivity contribution in [2.24, 2.45) is 10.9 Å². The molecule has 0 radical (unpaired) electrons. The number of rotatable bonds is 4. The van der Waals surface area contributed by atoms with Crippen LogP contribution in [0.3, 0.4) is 0 Å². The molecule has 1 saturated carbocycles. The number of halogens is 5. The summed E-state index contributed by atoms with van der Waals surface area (Å²) in [6, 6.07) is 3.98. The Kier molecular flexibility index (Phi) is 8.91. The van der Waals surface area contributed by atoms with Gasteiger partial charge < -0.3 is 15.7 Å². The molecule has 0 unspecified atom stereocenters. The zero-order valence-electron chi connectivity index (χ0n) is 14.4. The lowest BCUT2D eigenvalue weighted by atomic mass is 9.85. The van der Waals surface area contributed by atoms with E-state index in [2.05, 4.69) is 15.6 Å². The average molecular weight is 489 g/mol. The minimum atomic E-state index is -4.12. The van der Waals surface area contributed by atoms with Crippen LogP contribution >= 0.6 is 24.0 Å². The minimum absolute atomic E-state index is 0. The second-order valence-electron chi connectivity index (χ2n) is 6.22. The van der Waals surface area contributed by atoms with Crippen LogP contribution in [0.5, 0.6) is 5.75 Å². The molecular formula is C17H24F4IN3O. The number of phenolic OH excluding ortho intramolecular Hbond substituents is 1. The highest BCUT2D eigenvalue weighted by Gasteiger charge is 2.41. The number of aromatic hydroxyl groups is 1. The molecular weight excluding hydrogens is 465 g/mol. The molecule has 26 heavy (non-hydrogen) atoms. The van der Waals surface area contributed by atoms with Crippen molar-refractivity contribution >= 4 is 29.9 Å². The molecule has 1 aliphatic carbocycles. The molecule has 1 fully saturated rings. The molecule has 1 aromatic carbocycles. The second kappa shape index (κ2) is 10.2. The molecule has 3 N–H and O–H groups in total. The molecule has 0 atom stereocenters. The molecule has 0 bridgehead atoms. The SMILES string of the molecule is CCNC(=NCc1ccc(O)c(F)c1)NC1CCC(C(F)(F)F)CC1.I. The molecule has 2 rings (SSSR count). The lowest BCUT2D eigenvalue weighted by molar-refractivity contribution is -0.182. The number of benzene rings is 1. The molecule has 148 valence electrons. The Bertz CT molecular complexity index is 602. The van der Waals surface area contributed by atoms with Crippen LogP contribution < -0.4 is 10.6 Å². The topological polar surface area (TPSA) is 56.7 Å². The summed E-state index contributed by atoms with van der Waals surface area (Å²) in [6.45, 7) is 2.69. The van der Waals surface area contributed by atoms with Crippen LogP contribution in [-0.4, -0.2) is 29.8 Å². The smallest absolute Gasteiger partial charge is 0.391 e. The number of hydrogen-bond donors (Lipinski definition) is 3. The number of alkyl halides is 3. The van der Waals surface area contributed by atoms with Crippen LogP contribution in [-0.2, 0) is 6.54 Å². The minimum Gasteiger partial charge on any atom is -0.505 e. The number of phenols is 1. The van der Waals surface area contributed by atoms with E-state index in [4.69, 9.17) is 0 Å². The van der Waals surface area contributed by atoms with Crippen molar-refractivity contribution in [2.75, 3.05) is 6.54 Å². The van der Waals surface area contributed by atoms with Gasteiger partial charge in [-0.1, -0.05) is 6.07 Å². The van der Waals surface area contributed by atoms with Crippen molar-refractivity contribution in [3.8, 4) is 5.75 Å². The number of aliphatic imine (C=N–C) groups is 1. The summed E-state index contributed by atoms with van der Waals surface area (Å²) in [5.74, 6) is -1.85. The molecule has 0 aliphatic heterocycles. The summed E-state index contributed by atoms with van der Waals surface area (Å²) in [5.41, 5.74) is 0.591. The monoisotopic (exact) mass is 489 g/mol. The Morgan fingerprint density at radius 2 is 1.88 bits per heavy atom. The third kappa shape index (κ3) is 6.81. The number of guanidine groups is 1. The molecule has 0 spiro atoms. The first-order chi connectivity index (χ1) is 11.8. The Morgan fingerprint density at radius 3 is 2.42 bits per heavy atom. The van der Waals surface area contributed by atoms with Gasteiger partial charge in [0.05, 0.1) is 12.5 Å². The van der Waals surface area contributed by atoms with E-state index >= 15 is 0 Å². The van der Waals surface area contributed by atoms with Gasteiger partial charge in [-0.3, -0.25) is 0 Å². The van der Waals surface area contributed by atoms with E-state index in [0.717, 1.165) is 0 Å². The van der Waals surface area contributed by atoms with Gasteiger partial charge in [-0.2, -0.15) is 13.2 Å². The first-order valence-corrected chi connectivity index (χ1v) is 8.38. The summed E-state index contributed by atoms with van der Waals surface area (Å²) in [6.07, 6.45) is -3.02. The maximum absolute atomic E-state index is 13.3. The molecule has 1 aromatic rings. The molecule has 0 saturated heterocycles. The summed E-state index contributed by atoms with van der Waals surface area (Å²) in [7, 11) is 0. The van der Waals surface area contributed by atoms with E-state index in [-0.39, 0.29) is 49.4 Å². The van der Waals surface area contributed by atoms with Gasteiger partial charge in [-0.05, 0) is 50.3 Å². The maximum atomic E-state index is 13.3. The van der Waals surface area contributed by atoms with Gasteiger partial charge in [0.1, 0.15) is 0 Å². The summed E-state index contributed by atoms with van der Waals surface area (Å²) < 4.78 is 51.5. The van der Waals surface area contributed by atoms with Crippen molar-refractivity contribution in [1.29, 1.82) is 0 Å². The van der Waals surface area contributed by atoms with Crippen LogP contribution in [0.4, 0.5) is 17.6 Å². The van der Waals surface area contributed by atoms with Gasteiger partial charge in [0.25, 0.3) is 0 Å². The van der Waals surface area contributed by atoms with Gasteiger partial charge in [0, 0.05) is 12.6 Å². The predicted octanol–water partition coefficient (Wildman–Crippen LogP) is 4.33. The summed E-state index contributed by atoms with van der Waals surface area (Å²) in [4.78, 5) is 4.34. The van der Waals surface area contributed by atoms with Crippen molar-refractivity contribution in [2.45, 2.75) is 51.4 Å². The van der Waals surface area contributed by atoms with Crippen molar-refractivity contribution < 1.29 is 22.7 Å². The Labute approximate surface area is 167 Å². The lowest BCUT2D eigenvalue weighted by Gasteiger charge is -2.31. The summed E-state index contributed by atoms with van der Waals surface area (Å²) in [5, 5.41) is 15.4. The molecule has 4 nitrogen and oxygen atoms in total. The van der Waals surface area contributed by atoms with Crippen molar-refractivity contribution in [3.05, 3.63) is 29.6 Å². The molecule has 1 aliphatic rings. The fraction of sp³-hybridized carbons (Fsp3) is 0.588. The highest BCUT2D eigenvalue weighted by molar-refractivity contribution is 14.0. The molecule has 0 aromatic heterocycles. The van der Waals surface area contributed by atoms with E-state index in [1.165, 1.54) is 12.1 Å². The molecule has 0 amide bonds. The van der Waals surface area contributed by atoms with Gasteiger partial charge in [-0.25, -0.2) is 9.38 Å². The van der Waals surface area contributed by atoms with Crippen LogP contribution in [0.25, 0.3) is 0 Å². The van der Waals surface area contributed by atoms with Crippen molar-refractivity contribution in [1.82, 2.24) is 10.6 Å². The quantitative estimate of drug-likeness (QED) is 0.256. The largest absolute Gasteiger partial charge is 0.505 e. The van der Waals surface area contributed by atoms with Gasteiger partial charge >= 0.3 is 6.18 Å². The normalized spacial score (nSPS) is 21.0. The van der Waals surface area contributed by atoms with E-state index in [1.54, 1.807) is 6.07 Å². The van der Waals surface area contributed by atoms with Crippen LogP contribution in [0.15, 0.2) is 23.2 Å². The fourth-order valence-electron chi connectivity index (χ4n) is 2.90. The molecule has 0 heterocycles. The molecule has 9 heteroatoms. The van der Waals surface area contributed by atoms with Crippen LogP contribution in [0.2, 0.25) is 0 Å². The number of nitrogens with zero attached hydrogens (tertiary/aromatic N) is 1. The highest BCUT2D eigenvalue weighted by atomic mass is 127. The van der Waals surface area contributed by atoms with Gasteiger partial charge in [0.2, 0.25) is 0 Å².